The molecular weight excluding hydrogens is 202 g/mol. The molecule has 0 aliphatic carbocycles. The number of nitrogens with zero attached hydrogens (tertiary/aromatic N) is 2. The molecule has 1 saturated heterocycles. The molecule has 0 aromatic carbocycles. The standard InChI is InChI=1S/C12H15N3O/c1-12(5-8-16-9-12)14-11-4-2-3-10-13-6-7-15(10)11/h2-4,6-7,14H,5,8-9H2,1H3. The van der Waals surface area contributed by atoms with E-state index in [1.54, 1.807) is 0 Å². The van der Waals surface area contributed by atoms with Crippen molar-refractivity contribution in [2.24, 2.45) is 0 Å². The van der Waals surface area contributed by atoms with Gasteiger partial charge in [-0.15, -0.1) is 0 Å². The lowest BCUT2D eigenvalue weighted by Gasteiger charge is -2.25. The minimum atomic E-state index is 0.0402. The van der Waals surface area contributed by atoms with Gasteiger partial charge in [0.15, 0.2) is 0 Å². The summed E-state index contributed by atoms with van der Waals surface area (Å²) in [7, 11) is 0. The van der Waals surface area contributed by atoms with Gasteiger partial charge in [0.25, 0.3) is 0 Å². The molecule has 0 saturated carbocycles. The summed E-state index contributed by atoms with van der Waals surface area (Å²) in [5, 5.41) is 3.54. The van der Waals surface area contributed by atoms with Crippen molar-refractivity contribution >= 4 is 11.5 Å². The molecule has 0 radical (unpaired) electrons. The molecule has 1 N–H and O–H groups in total. The third-order valence-electron chi connectivity index (χ3n) is 3.08. The van der Waals surface area contributed by atoms with Gasteiger partial charge >= 0.3 is 0 Å². The first-order valence-electron chi connectivity index (χ1n) is 5.55. The number of hydrogen-bond acceptors (Lipinski definition) is 3. The summed E-state index contributed by atoms with van der Waals surface area (Å²) >= 11 is 0. The number of anilines is 1. The number of ether oxygens (including phenoxy) is 1. The average molecular weight is 217 g/mol. The Hall–Kier alpha value is -1.55. The van der Waals surface area contributed by atoms with E-state index >= 15 is 0 Å². The smallest absolute Gasteiger partial charge is 0.138 e. The third-order valence-corrected chi connectivity index (χ3v) is 3.08. The molecule has 0 amide bonds. The van der Waals surface area contributed by atoms with Crippen LogP contribution in [0.4, 0.5) is 5.82 Å². The summed E-state index contributed by atoms with van der Waals surface area (Å²) in [6, 6.07) is 6.08. The molecule has 16 heavy (non-hydrogen) atoms. The number of imidazole rings is 1. The van der Waals surface area contributed by atoms with Crippen LogP contribution >= 0.6 is 0 Å². The van der Waals surface area contributed by atoms with E-state index in [0.29, 0.717) is 0 Å². The van der Waals surface area contributed by atoms with E-state index in [4.69, 9.17) is 4.74 Å². The maximum absolute atomic E-state index is 5.44. The maximum atomic E-state index is 5.44. The van der Waals surface area contributed by atoms with E-state index < -0.39 is 0 Å². The summed E-state index contributed by atoms with van der Waals surface area (Å²) in [6.45, 7) is 3.79. The molecule has 1 aliphatic heterocycles. The van der Waals surface area contributed by atoms with E-state index in [-0.39, 0.29) is 5.54 Å². The largest absolute Gasteiger partial charge is 0.379 e. The molecule has 0 spiro atoms. The van der Waals surface area contributed by atoms with E-state index in [1.807, 2.05) is 24.5 Å². The molecule has 1 unspecified atom stereocenters. The second-order valence-corrected chi connectivity index (χ2v) is 4.55. The van der Waals surface area contributed by atoms with Crippen LogP contribution in [-0.4, -0.2) is 28.1 Å². The predicted molar refractivity (Wildman–Crippen MR) is 62.7 cm³/mol. The number of pyridine rings is 1. The molecule has 1 fully saturated rings. The van der Waals surface area contributed by atoms with Crippen LogP contribution in [0.3, 0.4) is 0 Å². The highest BCUT2D eigenvalue weighted by Crippen LogP contribution is 2.24. The first-order chi connectivity index (χ1) is 7.77. The Kier molecular flexibility index (Phi) is 2.11. The lowest BCUT2D eigenvalue weighted by Crippen LogP contribution is -2.35. The molecular formula is C12H15N3O. The number of rotatable bonds is 2. The molecule has 4 heteroatoms. The van der Waals surface area contributed by atoms with Crippen LogP contribution in [0.1, 0.15) is 13.3 Å². The van der Waals surface area contributed by atoms with Gasteiger partial charge in [0, 0.05) is 19.0 Å². The molecule has 2 aromatic rings. The Balaban J connectivity index is 1.96. The molecule has 1 atom stereocenters. The average Bonchev–Trinajstić information content (AvgIpc) is 2.87. The van der Waals surface area contributed by atoms with Crippen LogP contribution in [0.25, 0.3) is 5.65 Å². The first-order valence-corrected chi connectivity index (χ1v) is 5.55. The first kappa shape index (κ1) is 9.66. The van der Waals surface area contributed by atoms with Gasteiger partial charge in [0.1, 0.15) is 11.5 Å². The summed E-state index contributed by atoms with van der Waals surface area (Å²) in [6.07, 6.45) is 4.82. The molecule has 1 aliphatic rings. The fraction of sp³-hybridized carbons (Fsp3) is 0.417. The third kappa shape index (κ3) is 1.55. The van der Waals surface area contributed by atoms with Crippen LogP contribution in [0, 0.1) is 0 Å². The second kappa shape index (κ2) is 3.49. The zero-order chi connectivity index (χ0) is 11.0. The second-order valence-electron chi connectivity index (χ2n) is 4.55. The number of nitrogens with one attached hydrogen (secondary N) is 1. The Bertz CT molecular complexity index is 500. The van der Waals surface area contributed by atoms with Crippen molar-refractivity contribution < 1.29 is 4.74 Å². The normalized spacial score (nSPS) is 25.1. The van der Waals surface area contributed by atoms with E-state index in [0.717, 1.165) is 31.1 Å². The van der Waals surface area contributed by atoms with Gasteiger partial charge in [-0.25, -0.2) is 4.98 Å². The van der Waals surface area contributed by atoms with Crippen molar-refractivity contribution in [1.82, 2.24) is 9.38 Å². The van der Waals surface area contributed by atoms with Gasteiger partial charge in [0.2, 0.25) is 0 Å². The Labute approximate surface area is 94.3 Å². The highest BCUT2D eigenvalue weighted by molar-refractivity contribution is 5.51. The highest BCUT2D eigenvalue weighted by atomic mass is 16.5. The van der Waals surface area contributed by atoms with Crippen molar-refractivity contribution in [1.29, 1.82) is 0 Å². The monoisotopic (exact) mass is 217 g/mol. The fourth-order valence-electron chi connectivity index (χ4n) is 2.12. The zero-order valence-electron chi connectivity index (χ0n) is 9.31. The van der Waals surface area contributed by atoms with Crippen molar-refractivity contribution in [3.63, 3.8) is 0 Å². The van der Waals surface area contributed by atoms with Crippen LogP contribution < -0.4 is 5.32 Å². The minimum absolute atomic E-state index is 0.0402. The molecule has 3 heterocycles. The lowest BCUT2D eigenvalue weighted by molar-refractivity contribution is 0.185. The Morgan fingerprint density at radius 3 is 3.25 bits per heavy atom. The van der Waals surface area contributed by atoms with Gasteiger partial charge in [-0.3, -0.25) is 4.40 Å². The quantitative estimate of drug-likeness (QED) is 0.835. The summed E-state index contributed by atoms with van der Waals surface area (Å²) in [5.74, 6) is 1.07. The predicted octanol–water partition coefficient (Wildman–Crippen LogP) is 1.93. The van der Waals surface area contributed by atoms with Crippen molar-refractivity contribution in [3.05, 3.63) is 30.6 Å². The number of aromatic nitrogens is 2. The molecule has 84 valence electrons. The minimum Gasteiger partial charge on any atom is -0.379 e. The van der Waals surface area contributed by atoms with E-state index in [9.17, 15) is 0 Å². The number of hydrogen-bond donors (Lipinski definition) is 1. The highest BCUT2D eigenvalue weighted by Gasteiger charge is 2.29. The van der Waals surface area contributed by atoms with E-state index in [2.05, 4.69) is 27.7 Å². The van der Waals surface area contributed by atoms with Crippen LogP contribution in [-0.2, 0) is 4.74 Å². The molecule has 4 nitrogen and oxygen atoms in total. The fourth-order valence-corrected chi connectivity index (χ4v) is 2.12. The number of fused-ring (bicyclic) bond motifs is 1. The van der Waals surface area contributed by atoms with Crippen molar-refractivity contribution in [2.75, 3.05) is 18.5 Å². The Morgan fingerprint density at radius 2 is 2.44 bits per heavy atom. The van der Waals surface area contributed by atoms with Crippen LogP contribution in [0.5, 0.6) is 0 Å². The van der Waals surface area contributed by atoms with Gasteiger partial charge in [-0.2, -0.15) is 0 Å². The van der Waals surface area contributed by atoms with Crippen LogP contribution in [0.15, 0.2) is 30.6 Å². The molecule has 0 bridgehead atoms. The van der Waals surface area contributed by atoms with E-state index in [1.165, 1.54) is 0 Å². The zero-order valence-corrected chi connectivity index (χ0v) is 9.31. The van der Waals surface area contributed by atoms with Gasteiger partial charge < -0.3 is 10.1 Å². The Morgan fingerprint density at radius 1 is 1.50 bits per heavy atom. The van der Waals surface area contributed by atoms with Crippen LogP contribution in [0.2, 0.25) is 0 Å². The van der Waals surface area contributed by atoms with Gasteiger partial charge in [-0.1, -0.05) is 6.07 Å². The van der Waals surface area contributed by atoms with Gasteiger partial charge in [-0.05, 0) is 25.5 Å². The maximum Gasteiger partial charge on any atom is 0.138 e. The summed E-state index contributed by atoms with van der Waals surface area (Å²) < 4.78 is 7.50. The van der Waals surface area contributed by atoms with Gasteiger partial charge in [0.05, 0.1) is 12.1 Å². The lowest BCUT2D eigenvalue weighted by atomic mass is 10.0. The topological polar surface area (TPSA) is 38.6 Å². The summed E-state index contributed by atoms with van der Waals surface area (Å²) in [5.41, 5.74) is 1.01. The van der Waals surface area contributed by atoms with Crippen molar-refractivity contribution in [3.8, 4) is 0 Å². The molecule has 2 aromatic heterocycles. The van der Waals surface area contributed by atoms with Crippen molar-refractivity contribution in [2.45, 2.75) is 18.9 Å². The molecule has 3 rings (SSSR count). The SMILES string of the molecule is CC1(Nc2cccc3nccn23)CCOC1. The summed E-state index contributed by atoms with van der Waals surface area (Å²) in [4.78, 5) is 4.27.